The van der Waals surface area contributed by atoms with E-state index in [-0.39, 0.29) is 0 Å². The molecule has 2 saturated carbocycles. The van der Waals surface area contributed by atoms with Crippen molar-refractivity contribution >= 4 is 0 Å². The van der Waals surface area contributed by atoms with Gasteiger partial charge in [-0.3, -0.25) is 0 Å². The quantitative estimate of drug-likeness (QED) is 0.695. The lowest BCUT2D eigenvalue weighted by atomic mass is 9.90. The molecule has 0 radical (unpaired) electrons. The first kappa shape index (κ1) is 14.0. The molecule has 0 amide bonds. The molecule has 0 unspecified atom stereocenters. The van der Waals surface area contributed by atoms with Gasteiger partial charge in [-0.25, -0.2) is 0 Å². The minimum atomic E-state index is 0.432. The molecule has 2 fully saturated rings. The zero-order valence-electron chi connectivity index (χ0n) is 12.6. The minimum absolute atomic E-state index is 0.432. The molecule has 0 saturated heterocycles. The molecule has 0 bridgehead atoms. The average molecular weight is 276 g/mol. The fourth-order valence-electron chi connectivity index (χ4n) is 3.61. The van der Waals surface area contributed by atoms with Gasteiger partial charge in [-0.15, -0.1) is 0 Å². The van der Waals surface area contributed by atoms with Gasteiger partial charge in [0, 0.05) is 0 Å². The second-order valence-corrected chi connectivity index (χ2v) is 6.55. The smallest absolute Gasteiger partial charge is 0.157 e. The summed E-state index contributed by atoms with van der Waals surface area (Å²) in [5, 5.41) is 0. The van der Waals surface area contributed by atoms with E-state index in [1.807, 2.05) is 0 Å². The lowest BCUT2D eigenvalue weighted by Gasteiger charge is -2.25. The molecule has 3 aliphatic rings. The highest BCUT2D eigenvalue weighted by Gasteiger charge is 2.22. The Bertz CT molecular complexity index is 358. The van der Waals surface area contributed by atoms with Gasteiger partial charge >= 0.3 is 0 Å². The molecule has 0 spiro atoms. The molecule has 3 rings (SSSR count). The molecule has 0 aromatic carbocycles. The summed E-state index contributed by atoms with van der Waals surface area (Å²) in [4.78, 5) is 0. The molecule has 0 aromatic rings. The monoisotopic (exact) mass is 276 g/mol. The highest BCUT2D eigenvalue weighted by atomic mass is 16.5. The fourth-order valence-corrected chi connectivity index (χ4v) is 3.61. The SMILES string of the molecule is C1=C(OCC2CCCCC2)C(OC2CCCC2)=CCC1. The van der Waals surface area contributed by atoms with Gasteiger partial charge in [0.05, 0.1) is 12.7 Å². The Labute approximate surface area is 123 Å². The van der Waals surface area contributed by atoms with Crippen LogP contribution in [-0.4, -0.2) is 12.7 Å². The summed E-state index contributed by atoms with van der Waals surface area (Å²) >= 11 is 0. The van der Waals surface area contributed by atoms with Crippen LogP contribution in [0, 0.1) is 5.92 Å². The van der Waals surface area contributed by atoms with Gasteiger partial charge in [0.25, 0.3) is 0 Å². The summed E-state index contributed by atoms with van der Waals surface area (Å²) in [6.07, 6.45) is 19.0. The average Bonchev–Trinajstić information content (AvgIpc) is 3.00. The van der Waals surface area contributed by atoms with Crippen LogP contribution < -0.4 is 0 Å². The summed E-state index contributed by atoms with van der Waals surface area (Å²) in [5.41, 5.74) is 0. The molecular weight excluding hydrogens is 248 g/mol. The molecule has 0 heterocycles. The van der Waals surface area contributed by atoms with E-state index in [4.69, 9.17) is 9.47 Å². The summed E-state index contributed by atoms with van der Waals surface area (Å²) in [7, 11) is 0. The van der Waals surface area contributed by atoms with Crippen LogP contribution in [0.4, 0.5) is 0 Å². The number of ether oxygens (including phenoxy) is 2. The van der Waals surface area contributed by atoms with E-state index in [2.05, 4.69) is 12.2 Å². The Hall–Kier alpha value is -0.920. The number of hydrogen-bond acceptors (Lipinski definition) is 2. The molecule has 3 aliphatic carbocycles. The highest BCUT2D eigenvalue weighted by molar-refractivity contribution is 5.24. The van der Waals surface area contributed by atoms with Crippen LogP contribution in [0.2, 0.25) is 0 Å². The van der Waals surface area contributed by atoms with Gasteiger partial charge in [-0.2, -0.15) is 0 Å². The second-order valence-electron chi connectivity index (χ2n) is 6.55. The molecule has 112 valence electrons. The third kappa shape index (κ3) is 3.80. The van der Waals surface area contributed by atoms with Gasteiger partial charge in [0.15, 0.2) is 11.5 Å². The first-order valence-electron chi connectivity index (χ1n) is 8.62. The number of hydrogen-bond donors (Lipinski definition) is 0. The van der Waals surface area contributed by atoms with Crippen molar-refractivity contribution < 1.29 is 9.47 Å². The normalized spacial score (nSPS) is 25.2. The third-order valence-electron chi connectivity index (χ3n) is 4.86. The van der Waals surface area contributed by atoms with Crippen molar-refractivity contribution in [2.75, 3.05) is 6.61 Å². The van der Waals surface area contributed by atoms with Gasteiger partial charge in [-0.05, 0) is 69.4 Å². The topological polar surface area (TPSA) is 18.5 Å². The first-order valence-corrected chi connectivity index (χ1v) is 8.62. The van der Waals surface area contributed by atoms with E-state index in [0.29, 0.717) is 6.10 Å². The molecule has 0 aliphatic heterocycles. The summed E-state index contributed by atoms with van der Waals surface area (Å²) in [5.74, 6) is 2.81. The van der Waals surface area contributed by atoms with Crippen molar-refractivity contribution in [1.29, 1.82) is 0 Å². The largest absolute Gasteiger partial charge is 0.490 e. The maximum Gasteiger partial charge on any atom is 0.157 e. The van der Waals surface area contributed by atoms with Gasteiger partial charge in [-0.1, -0.05) is 19.3 Å². The molecular formula is C18H28O2. The van der Waals surface area contributed by atoms with Crippen molar-refractivity contribution in [3.8, 4) is 0 Å². The van der Waals surface area contributed by atoms with Gasteiger partial charge in [0.2, 0.25) is 0 Å². The van der Waals surface area contributed by atoms with Gasteiger partial charge < -0.3 is 9.47 Å². The van der Waals surface area contributed by atoms with E-state index in [1.54, 1.807) is 0 Å². The number of rotatable bonds is 5. The van der Waals surface area contributed by atoms with Crippen LogP contribution in [-0.2, 0) is 9.47 Å². The molecule has 0 N–H and O–H groups in total. The lowest BCUT2D eigenvalue weighted by Crippen LogP contribution is -2.16. The Morgan fingerprint density at radius 2 is 1.45 bits per heavy atom. The van der Waals surface area contributed by atoms with Crippen molar-refractivity contribution in [1.82, 2.24) is 0 Å². The lowest BCUT2D eigenvalue weighted by molar-refractivity contribution is 0.0797. The maximum absolute atomic E-state index is 6.17. The Kier molecular flexibility index (Phi) is 5.05. The van der Waals surface area contributed by atoms with Crippen LogP contribution in [0.1, 0.15) is 70.6 Å². The van der Waals surface area contributed by atoms with E-state index in [1.165, 1.54) is 57.8 Å². The highest BCUT2D eigenvalue weighted by Crippen LogP contribution is 2.30. The molecule has 20 heavy (non-hydrogen) atoms. The van der Waals surface area contributed by atoms with Crippen LogP contribution in [0.15, 0.2) is 23.7 Å². The summed E-state index contributed by atoms with van der Waals surface area (Å²) in [6, 6.07) is 0. The van der Waals surface area contributed by atoms with Crippen LogP contribution in [0.3, 0.4) is 0 Å². The van der Waals surface area contributed by atoms with Crippen molar-refractivity contribution in [2.24, 2.45) is 5.92 Å². The fraction of sp³-hybridized carbons (Fsp3) is 0.778. The van der Waals surface area contributed by atoms with E-state index in [9.17, 15) is 0 Å². The first-order chi connectivity index (χ1) is 9.92. The predicted molar refractivity (Wildman–Crippen MR) is 81.3 cm³/mol. The standard InChI is InChI=1S/C18H28O2/c1-2-8-15(9-3-1)14-19-17-12-6-7-13-18(17)20-16-10-4-5-11-16/h12-13,15-16H,1-11,14H2. The molecule has 0 atom stereocenters. The van der Waals surface area contributed by atoms with E-state index >= 15 is 0 Å². The third-order valence-corrected chi connectivity index (χ3v) is 4.86. The second kappa shape index (κ2) is 7.19. The zero-order chi connectivity index (χ0) is 13.6. The molecule has 0 aromatic heterocycles. The minimum Gasteiger partial charge on any atom is -0.490 e. The Morgan fingerprint density at radius 1 is 0.800 bits per heavy atom. The van der Waals surface area contributed by atoms with Crippen molar-refractivity contribution in [3.05, 3.63) is 23.7 Å². The van der Waals surface area contributed by atoms with Crippen LogP contribution in [0.25, 0.3) is 0 Å². The maximum atomic E-state index is 6.17. The van der Waals surface area contributed by atoms with Crippen molar-refractivity contribution in [3.63, 3.8) is 0 Å². The molecule has 2 nitrogen and oxygen atoms in total. The number of allylic oxidation sites excluding steroid dienone is 2. The Balaban J connectivity index is 1.50. The van der Waals surface area contributed by atoms with Crippen molar-refractivity contribution in [2.45, 2.75) is 76.7 Å². The summed E-state index contributed by atoms with van der Waals surface area (Å²) in [6.45, 7) is 0.886. The van der Waals surface area contributed by atoms with E-state index in [0.717, 1.165) is 36.9 Å². The van der Waals surface area contributed by atoms with Gasteiger partial charge in [0.1, 0.15) is 0 Å². The predicted octanol–water partition coefficient (Wildman–Crippen LogP) is 5.10. The Morgan fingerprint density at radius 3 is 2.20 bits per heavy atom. The zero-order valence-corrected chi connectivity index (χ0v) is 12.6. The molecule has 2 heteroatoms. The van der Waals surface area contributed by atoms with Crippen LogP contribution >= 0.6 is 0 Å². The van der Waals surface area contributed by atoms with E-state index < -0.39 is 0 Å². The summed E-state index contributed by atoms with van der Waals surface area (Å²) < 4.78 is 12.3. The van der Waals surface area contributed by atoms with Crippen LogP contribution in [0.5, 0.6) is 0 Å².